The molecule has 1 aromatic carbocycles. The molecule has 0 amide bonds. The lowest BCUT2D eigenvalue weighted by atomic mass is 9.94. The second-order valence-corrected chi connectivity index (χ2v) is 7.53. The molecule has 1 aromatic rings. The standard InChI is InChI=1S/C15H23NOS/c1-14(2,18-5)10-16-13-11-8-6-7-9-12(11)17-15(13,3)4/h6-9,13,16H,10H2,1-5H3. The van der Waals surface area contributed by atoms with Gasteiger partial charge in [0.2, 0.25) is 0 Å². The molecule has 2 nitrogen and oxygen atoms in total. The van der Waals surface area contributed by atoms with Crippen LogP contribution in [0.3, 0.4) is 0 Å². The van der Waals surface area contributed by atoms with Crippen LogP contribution in [0.15, 0.2) is 24.3 Å². The van der Waals surface area contributed by atoms with E-state index in [1.54, 1.807) is 0 Å². The topological polar surface area (TPSA) is 21.3 Å². The molecule has 0 saturated heterocycles. The van der Waals surface area contributed by atoms with E-state index in [-0.39, 0.29) is 16.4 Å². The van der Waals surface area contributed by atoms with E-state index in [0.29, 0.717) is 0 Å². The Balaban J connectivity index is 2.16. The molecule has 1 aliphatic rings. The lowest BCUT2D eigenvalue weighted by Crippen LogP contribution is -2.43. The Morgan fingerprint density at radius 2 is 2.00 bits per heavy atom. The molecule has 1 heterocycles. The van der Waals surface area contributed by atoms with Crippen LogP contribution in [-0.4, -0.2) is 23.1 Å². The van der Waals surface area contributed by atoms with E-state index in [9.17, 15) is 0 Å². The van der Waals surface area contributed by atoms with Crippen molar-refractivity contribution in [2.75, 3.05) is 12.8 Å². The molecule has 0 saturated carbocycles. The van der Waals surface area contributed by atoms with Crippen LogP contribution in [0.5, 0.6) is 5.75 Å². The summed E-state index contributed by atoms with van der Waals surface area (Å²) in [5, 5.41) is 3.67. The van der Waals surface area contributed by atoms with E-state index in [1.165, 1.54) is 5.56 Å². The Morgan fingerprint density at radius 3 is 2.67 bits per heavy atom. The summed E-state index contributed by atoms with van der Waals surface area (Å²) in [4.78, 5) is 0. The average Bonchev–Trinajstić information content (AvgIpc) is 2.56. The smallest absolute Gasteiger partial charge is 0.125 e. The molecule has 1 unspecified atom stereocenters. The molecule has 0 aliphatic carbocycles. The molecule has 1 atom stereocenters. The first-order valence-electron chi connectivity index (χ1n) is 6.42. The highest BCUT2D eigenvalue weighted by Gasteiger charge is 2.41. The third-order valence-corrected chi connectivity index (χ3v) is 4.83. The predicted octanol–water partition coefficient (Wildman–Crippen LogP) is 3.63. The number of para-hydroxylation sites is 1. The van der Waals surface area contributed by atoms with Gasteiger partial charge in [-0.2, -0.15) is 11.8 Å². The van der Waals surface area contributed by atoms with Gasteiger partial charge in [-0.1, -0.05) is 18.2 Å². The Kier molecular flexibility index (Phi) is 3.65. The number of hydrogen-bond donors (Lipinski definition) is 1. The fourth-order valence-corrected chi connectivity index (χ4v) is 2.53. The highest BCUT2D eigenvalue weighted by Crippen LogP contribution is 2.42. The highest BCUT2D eigenvalue weighted by atomic mass is 32.2. The van der Waals surface area contributed by atoms with Crippen LogP contribution in [0.25, 0.3) is 0 Å². The third kappa shape index (κ3) is 2.67. The van der Waals surface area contributed by atoms with E-state index < -0.39 is 0 Å². The molecule has 0 radical (unpaired) electrons. The van der Waals surface area contributed by atoms with Gasteiger partial charge in [-0.15, -0.1) is 0 Å². The van der Waals surface area contributed by atoms with Crippen molar-refractivity contribution in [2.45, 2.75) is 44.1 Å². The number of nitrogens with one attached hydrogen (secondary N) is 1. The Bertz CT molecular complexity index is 428. The van der Waals surface area contributed by atoms with Gasteiger partial charge in [-0.3, -0.25) is 0 Å². The minimum atomic E-state index is -0.182. The van der Waals surface area contributed by atoms with Crippen molar-refractivity contribution < 1.29 is 4.74 Å². The van der Waals surface area contributed by atoms with Crippen molar-refractivity contribution in [1.82, 2.24) is 5.32 Å². The molecule has 100 valence electrons. The molecular formula is C15H23NOS. The number of rotatable bonds is 4. The lowest BCUT2D eigenvalue weighted by Gasteiger charge is -2.31. The maximum atomic E-state index is 6.04. The summed E-state index contributed by atoms with van der Waals surface area (Å²) < 4.78 is 6.28. The van der Waals surface area contributed by atoms with Crippen LogP contribution < -0.4 is 10.1 Å². The molecule has 0 aromatic heterocycles. The van der Waals surface area contributed by atoms with Crippen LogP contribution in [0.2, 0.25) is 0 Å². The molecule has 0 bridgehead atoms. The van der Waals surface area contributed by atoms with E-state index in [1.807, 2.05) is 17.8 Å². The van der Waals surface area contributed by atoms with Gasteiger partial charge in [0.15, 0.2) is 0 Å². The average molecular weight is 265 g/mol. The van der Waals surface area contributed by atoms with Crippen molar-refractivity contribution in [2.24, 2.45) is 0 Å². The second-order valence-electron chi connectivity index (χ2n) is 6.02. The normalized spacial score (nSPS) is 21.5. The summed E-state index contributed by atoms with van der Waals surface area (Å²) in [7, 11) is 0. The van der Waals surface area contributed by atoms with Crippen molar-refractivity contribution in [1.29, 1.82) is 0 Å². The van der Waals surface area contributed by atoms with Crippen LogP contribution >= 0.6 is 11.8 Å². The fraction of sp³-hybridized carbons (Fsp3) is 0.600. The van der Waals surface area contributed by atoms with Gasteiger partial charge in [0.05, 0.1) is 6.04 Å². The maximum absolute atomic E-state index is 6.04. The summed E-state index contributed by atoms with van der Waals surface area (Å²) in [6.07, 6.45) is 2.16. The van der Waals surface area contributed by atoms with Crippen LogP contribution in [0, 0.1) is 0 Å². The van der Waals surface area contributed by atoms with Crippen molar-refractivity contribution in [3.05, 3.63) is 29.8 Å². The van der Waals surface area contributed by atoms with Crippen molar-refractivity contribution in [3.63, 3.8) is 0 Å². The summed E-state index contributed by atoms with van der Waals surface area (Å²) in [5.74, 6) is 1.02. The van der Waals surface area contributed by atoms with Gasteiger partial charge >= 0.3 is 0 Å². The minimum absolute atomic E-state index is 0.182. The van der Waals surface area contributed by atoms with Crippen LogP contribution in [0.1, 0.15) is 39.3 Å². The number of fused-ring (bicyclic) bond motifs is 1. The molecule has 0 spiro atoms. The number of ether oxygens (including phenoxy) is 1. The predicted molar refractivity (Wildman–Crippen MR) is 79.5 cm³/mol. The second kappa shape index (κ2) is 4.78. The molecule has 1 N–H and O–H groups in total. The summed E-state index contributed by atoms with van der Waals surface area (Å²) in [5.41, 5.74) is 1.09. The molecule has 2 rings (SSSR count). The van der Waals surface area contributed by atoms with Crippen molar-refractivity contribution in [3.8, 4) is 5.75 Å². The zero-order valence-corrected chi connectivity index (χ0v) is 12.7. The Morgan fingerprint density at radius 1 is 1.33 bits per heavy atom. The van der Waals surface area contributed by atoms with Gasteiger partial charge in [-0.25, -0.2) is 0 Å². The molecular weight excluding hydrogens is 242 g/mol. The van der Waals surface area contributed by atoms with Crippen LogP contribution in [-0.2, 0) is 0 Å². The van der Waals surface area contributed by atoms with Gasteiger partial charge in [-0.05, 0) is 40.0 Å². The summed E-state index contributed by atoms with van der Waals surface area (Å²) >= 11 is 1.89. The fourth-order valence-electron chi connectivity index (χ4n) is 2.30. The summed E-state index contributed by atoms with van der Waals surface area (Å²) in [6, 6.07) is 8.59. The zero-order valence-electron chi connectivity index (χ0n) is 11.9. The largest absolute Gasteiger partial charge is 0.486 e. The van der Waals surface area contributed by atoms with Gasteiger partial charge < -0.3 is 10.1 Å². The quantitative estimate of drug-likeness (QED) is 0.898. The van der Waals surface area contributed by atoms with E-state index in [4.69, 9.17) is 4.74 Å². The number of hydrogen-bond acceptors (Lipinski definition) is 3. The molecule has 3 heteroatoms. The number of thioether (sulfide) groups is 1. The first-order valence-corrected chi connectivity index (χ1v) is 7.65. The van der Waals surface area contributed by atoms with Gasteiger partial charge in [0.1, 0.15) is 11.4 Å². The van der Waals surface area contributed by atoms with E-state index in [2.05, 4.69) is 57.5 Å². The SMILES string of the molecule is CSC(C)(C)CNC1c2ccccc2OC1(C)C. The third-order valence-electron chi connectivity index (χ3n) is 3.58. The monoisotopic (exact) mass is 265 g/mol. The lowest BCUT2D eigenvalue weighted by molar-refractivity contribution is 0.0958. The van der Waals surface area contributed by atoms with E-state index in [0.717, 1.165) is 12.3 Å². The summed E-state index contributed by atoms with van der Waals surface area (Å²) in [6.45, 7) is 9.80. The number of benzene rings is 1. The van der Waals surface area contributed by atoms with Crippen LogP contribution in [0.4, 0.5) is 0 Å². The first-order chi connectivity index (χ1) is 8.36. The van der Waals surface area contributed by atoms with Crippen molar-refractivity contribution >= 4 is 11.8 Å². The first kappa shape index (κ1) is 13.8. The molecule has 1 aliphatic heterocycles. The Labute approximate surface area is 114 Å². The maximum Gasteiger partial charge on any atom is 0.125 e. The minimum Gasteiger partial charge on any atom is -0.486 e. The van der Waals surface area contributed by atoms with E-state index >= 15 is 0 Å². The molecule has 0 fully saturated rings. The van der Waals surface area contributed by atoms with Gasteiger partial charge in [0, 0.05) is 16.9 Å². The molecule has 18 heavy (non-hydrogen) atoms. The Hall–Kier alpha value is -0.670. The zero-order chi connectivity index (χ0) is 13.4. The van der Waals surface area contributed by atoms with Gasteiger partial charge in [0.25, 0.3) is 0 Å². The highest BCUT2D eigenvalue weighted by molar-refractivity contribution is 7.99.